The summed E-state index contributed by atoms with van der Waals surface area (Å²) in [5, 5.41) is 14.1. The highest BCUT2D eigenvalue weighted by Gasteiger charge is 2.53. The number of piperidine rings is 1. The van der Waals surface area contributed by atoms with E-state index in [4.69, 9.17) is 0 Å². The number of fused-ring (bicyclic) bond motifs is 1. The summed E-state index contributed by atoms with van der Waals surface area (Å²) in [7, 11) is 3.57. The Hall–Kier alpha value is -1.83. The minimum Gasteiger partial charge on any atom is -0.380 e. The number of amides is 3. The second-order valence-electron chi connectivity index (χ2n) is 9.05. The molecule has 4 rings (SSSR count). The van der Waals surface area contributed by atoms with Crippen LogP contribution in [-0.2, 0) is 4.79 Å². The molecule has 166 valence electrons. The van der Waals surface area contributed by atoms with Crippen LogP contribution in [0.5, 0.6) is 0 Å². The minimum atomic E-state index is -1.25. The van der Waals surface area contributed by atoms with E-state index >= 15 is 0 Å². The number of aryl methyl sites for hydroxylation is 1. The van der Waals surface area contributed by atoms with Gasteiger partial charge >= 0.3 is 6.03 Å². The van der Waals surface area contributed by atoms with E-state index in [0.717, 1.165) is 11.1 Å². The van der Waals surface area contributed by atoms with Gasteiger partial charge in [-0.25, -0.2) is 4.79 Å². The van der Waals surface area contributed by atoms with E-state index in [0.29, 0.717) is 45.6 Å². The average molecular weight is 437 g/mol. The first kappa shape index (κ1) is 22.8. The standard InChI is InChI=1S/C22H32N4O3.ClH/c1-15-6-4-5-7-17(15)19-18-14-25(20(27)22(29)8-10-23-11-9-22)12-16(18)13-26(19)21(28)24(2)3;/h4-7,16,18-19,23,29H,8-14H2,1-3H3;1H/t16-,18-,19+;/m1./s1. The van der Waals surface area contributed by atoms with Crippen molar-refractivity contribution in [3.05, 3.63) is 35.4 Å². The van der Waals surface area contributed by atoms with Crippen molar-refractivity contribution in [2.75, 3.05) is 46.8 Å². The maximum absolute atomic E-state index is 13.1. The van der Waals surface area contributed by atoms with Crippen molar-refractivity contribution in [3.8, 4) is 0 Å². The largest absolute Gasteiger partial charge is 0.380 e. The van der Waals surface area contributed by atoms with Crippen LogP contribution in [0.15, 0.2) is 24.3 Å². The first-order valence-electron chi connectivity index (χ1n) is 10.6. The fourth-order valence-electron chi connectivity index (χ4n) is 5.33. The Morgan fingerprint density at radius 2 is 1.80 bits per heavy atom. The van der Waals surface area contributed by atoms with Crippen molar-refractivity contribution >= 4 is 24.3 Å². The number of halogens is 1. The minimum absolute atomic E-state index is 0. The van der Waals surface area contributed by atoms with Crippen LogP contribution in [0.2, 0.25) is 0 Å². The van der Waals surface area contributed by atoms with E-state index < -0.39 is 5.60 Å². The van der Waals surface area contributed by atoms with E-state index in [-0.39, 0.29) is 42.2 Å². The van der Waals surface area contributed by atoms with Gasteiger partial charge in [-0.2, -0.15) is 0 Å². The summed E-state index contributed by atoms with van der Waals surface area (Å²) in [5.74, 6) is 0.287. The molecule has 0 aliphatic carbocycles. The lowest BCUT2D eigenvalue weighted by atomic mass is 9.87. The smallest absolute Gasteiger partial charge is 0.320 e. The van der Waals surface area contributed by atoms with E-state index in [1.807, 2.05) is 21.9 Å². The molecule has 0 spiro atoms. The van der Waals surface area contributed by atoms with Gasteiger partial charge in [0.25, 0.3) is 5.91 Å². The topological polar surface area (TPSA) is 76.1 Å². The molecule has 3 fully saturated rings. The fourth-order valence-corrected chi connectivity index (χ4v) is 5.33. The molecule has 0 unspecified atom stereocenters. The molecule has 1 aromatic carbocycles. The van der Waals surface area contributed by atoms with Crippen molar-refractivity contribution < 1.29 is 14.7 Å². The van der Waals surface area contributed by atoms with Crippen molar-refractivity contribution in [1.82, 2.24) is 20.0 Å². The first-order valence-corrected chi connectivity index (χ1v) is 10.6. The molecule has 3 atom stereocenters. The normalized spacial score (nSPS) is 27.4. The van der Waals surface area contributed by atoms with Gasteiger partial charge in [-0.15, -0.1) is 12.4 Å². The number of aliphatic hydroxyl groups is 1. The predicted molar refractivity (Wildman–Crippen MR) is 118 cm³/mol. The highest BCUT2D eigenvalue weighted by Crippen LogP contribution is 2.46. The molecule has 2 N–H and O–H groups in total. The highest BCUT2D eigenvalue weighted by molar-refractivity contribution is 5.86. The summed E-state index contributed by atoms with van der Waals surface area (Å²) in [5.41, 5.74) is 1.07. The SMILES string of the molecule is Cc1ccccc1[C@H]1[C@@H]2CN(C(=O)C3(O)CCNCC3)C[C@@H]2CN1C(=O)N(C)C.Cl. The molecule has 3 heterocycles. The Kier molecular flexibility index (Phi) is 6.65. The van der Waals surface area contributed by atoms with Crippen LogP contribution < -0.4 is 5.32 Å². The molecule has 3 amide bonds. The maximum atomic E-state index is 13.1. The number of carbonyl (C=O) groups excluding carboxylic acids is 2. The Bertz CT molecular complexity index is 796. The lowest BCUT2D eigenvalue weighted by Gasteiger charge is -2.36. The van der Waals surface area contributed by atoms with Gasteiger partial charge in [0.2, 0.25) is 0 Å². The van der Waals surface area contributed by atoms with E-state index in [2.05, 4.69) is 24.4 Å². The molecule has 3 saturated heterocycles. The number of urea groups is 1. The third-order valence-corrected chi connectivity index (χ3v) is 6.92. The molecular weight excluding hydrogens is 404 g/mol. The predicted octanol–water partition coefficient (Wildman–Crippen LogP) is 1.64. The van der Waals surface area contributed by atoms with Crippen LogP contribution in [0.3, 0.4) is 0 Å². The summed E-state index contributed by atoms with van der Waals surface area (Å²) in [4.78, 5) is 31.5. The molecule has 3 aliphatic heterocycles. The fraction of sp³-hybridized carbons (Fsp3) is 0.636. The maximum Gasteiger partial charge on any atom is 0.320 e. The molecule has 1 aromatic rings. The number of hydrogen-bond donors (Lipinski definition) is 2. The van der Waals surface area contributed by atoms with Gasteiger partial charge in [0, 0.05) is 45.6 Å². The molecule has 30 heavy (non-hydrogen) atoms. The van der Waals surface area contributed by atoms with Gasteiger partial charge in [-0.05, 0) is 44.0 Å². The molecule has 0 bridgehead atoms. The lowest BCUT2D eigenvalue weighted by Crippen LogP contribution is -2.54. The molecule has 0 saturated carbocycles. The number of hydrogen-bond acceptors (Lipinski definition) is 4. The highest BCUT2D eigenvalue weighted by atomic mass is 35.5. The zero-order valence-corrected chi connectivity index (χ0v) is 18.8. The zero-order valence-electron chi connectivity index (χ0n) is 18.0. The van der Waals surface area contributed by atoms with Crippen molar-refractivity contribution in [2.24, 2.45) is 11.8 Å². The molecular formula is C22H33ClN4O3. The second kappa shape index (κ2) is 8.73. The third-order valence-electron chi connectivity index (χ3n) is 6.92. The summed E-state index contributed by atoms with van der Waals surface area (Å²) in [6.45, 7) is 5.26. The molecule has 0 aromatic heterocycles. The third kappa shape index (κ3) is 3.90. The summed E-state index contributed by atoms with van der Waals surface area (Å²) in [6, 6.07) is 8.18. The van der Waals surface area contributed by atoms with Crippen LogP contribution in [0.25, 0.3) is 0 Å². The molecule has 7 nitrogen and oxygen atoms in total. The van der Waals surface area contributed by atoms with Crippen LogP contribution in [0, 0.1) is 18.8 Å². The van der Waals surface area contributed by atoms with Crippen molar-refractivity contribution in [3.63, 3.8) is 0 Å². The van der Waals surface area contributed by atoms with Crippen LogP contribution in [-0.4, -0.2) is 84.2 Å². The Labute approximate surface area is 184 Å². The van der Waals surface area contributed by atoms with Crippen LogP contribution in [0.4, 0.5) is 4.79 Å². The molecule has 8 heteroatoms. The van der Waals surface area contributed by atoms with Crippen LogP contribution >= 0.6 is 12.4 Å². The number of likely N-dealkylation sites (tertiary alicyclic amines) is 2. The Morgan fingerprint density at radius 3 is 2.43 bits per heavy atom. The Morgan fingerprint density at radius 1 is 1.13 bits per heavy atom. The van der Waals surface area contributed by atoms with Gasteiger partial charge in [0.05, 0.1) is 6.04 Å². The van der Waals surface area contributed by atoms with Gasteiger partial charge in [-0.1, -0.05) is 24.3 Å². The van der Waals surface area contributed by atoms with E-state index in [1.54, 1.807) is 19.0 Å². The zero-order chi connectivity index (χ0) is 20.8. The van der Waals surface area contributed by atoms with Gasteiger partial charge in [-0.3, -0.25) is 4.79 Å². The van der Waals surface area contributed by atoms with Crippen molar-refractivity contribution in [1.29, 1.82) is 0 Å². The number of nitrogens with one attached hydrogen (secondary N) is 1. The number of benzene rings is 1. The Balaban J connectivity index is 0.00000256. The number of nitrogens with zero attached hydrogens (tertiary/aromatic N) is 3. The lowest BCUT2D eigenvalue weighted by molar-refractivity contribution is -0.153. The van der Waals surface area contributed by atoms with Crippen LogP contribution in [0.1, 0.15) is 30.0 Å². The van der Waals surface area contributed by atoms with E-state index in [1.165, 1.54) is 0 Å². The number of rotatable bonds is 2. The van der Waals surface area contributed by atoms with E-state index in [9.17, 15) is 14.7 Å². The quantitative estimate of drug-likeness (QED) is 0.739. The van der Waals surface area contributed by atoms with Gasteiger partial charge in [0.1, 0.15) is 5.60 Å². The number of carbonyl (C=O) groups is 2. The monoisotopic (exact) mass is 436 g/mol. The summed E-state index contributed by atoms with van der Waals surface area (Å²) < 4.78 is 0. The molecule has 3 aliphatic rings. The second-order valence-corrected chi connectivity index (χ2v) is 9.05. The first-order chi connectivity index (χ1) is 13.8. The summed E-state index contributed by atoms with van der Waals surface area (Å²) in [6.07, 6.45) is 0.925. The van der Waals surface area contributed by atoms with Crippen molar-refractivity contribution in [2.45, 2.75) is 31.4 Å². The van der Waals surface area contributed by atoms with Gasteiger partial charge < -0.3 is 25.1 Å². The summed E-state index contributed by atoms with van der Waals surface area (Å²) >= 11 is 0. The van der Waals surface area contributed by atoms with Gasteiger partial charge in [0.15, 0.2) is 0 Å². The molecule has 0 radical (unpaired) electrons. The average Bonchev–Trinajstić information content (AvgIpc) is 3.26.